The smallest absolute Gasteiger partial charge is 0.258 e. The number of carbonyl (C=O) groups excluding carboxylic acids is 2. The Morgan fingerprint density at radius 3 is 2.30 bits per heavy atom. The molecule has 3 atom stereocenters. The minimum Gasteiger partial charge on any atom is -0.394 e. The minimum atomic E-state index is -0.512. The van der Waals surface area contributed by atoms with Gasteiger partial charge in [0.2, 0.25) is 0 Å². The predicted octanol–water partition coefficient (Wildman–Crippen LogP) is 0.506. The number of amides is 2. The quantitative estimate of drug-likeness (QED) is 0.813. The SMILES string of the molecule is O=C1C2CCC(O2)C(=O)N1C(CO)Cc1ccccc1. The molecule has 0 radical (unpaired) electrons. The molecule has 0 aromatic heterocycles. The molecule has 3 unspecified atom stereocenters. The Labute approximate surface area is 117 Å². The first-order valence-corrected chi connectivity index (χ1v) is 6.88. The first-order chi connectivity index (χ1) is 9.70. The van der Waals surface area contributed by atoms with Crippen molar-refractivity contribution >= 4 is 11.8 Å². The third kappa shape index (κ3) is 2.23. The van der Waals surface area contributed by atoms with Crippen molar-refractivity contribution in [3.05, 3.63) is 35.9 Å². The van der Waals surface area contributed by atoms with Crippen molar-refractivity contribution in [3.63, 3.8) is 0 Å². The number of nitrogens with zero attached hydrogens (tertiary/aromatic N) is 1. The van der Waals surface area contributed by atoms with Crippen molar-refractivity contribution in [2.45, 2.75) is 37.5 Å². The van der Waals surface area contributed by atoms with Crippen molar-refractivity contribution in [2.24, 2.45) is 0 Å². The number of carbonyl (C=O) groups is 2. The van der Waals surface area contributed by atoms with Gasteiger partial charge >= 0.3 is 0 Å². The van der Waals surface area contributed by atoms with Crippen LogP contribution in [0.25, 0.3) is 0 Å². The molecule has 5 heteroatoms. The first-order valence-electron chi connectivity index (χ1n) is 6.88. The van der Waals surface area contributed by atoms with Crippen molar-refractivity contribution in [1.82, 2.24) is 4.90 Å². The Morgan fingerprint density at radius 1 is 1.15 bits per heavy atom. The molecule has 2 aliphatic rings. The lowest BCUT2D eigenvalue weighted by atomic mass is 10.0. The average Bonchev–Trinajstić information content (AvgIpc) is 2.92. The van der Waals surface area contributed by atoms with Crippen LogP contribution in [0.1, 0.15) is 18.4 Å². The highest BCUT2D eigenvalue weighted by atomic mass is 16.5. The number of aliphatic hydroxyl groups is 1. The van der Waals surface area contributed by atoms with Crippen LogP contribution < -0.4 is 0 Å². The molecule has 3 rings (SSSR count). The second-order valence-electron chi connectivity index (χ2n) is 5.26. The fourth-order valence-electron chi connectivity index (χ4n) is 2.90. The van der Waals surface area contributed by atoms with Gasteiger partial charge in [-0.25, -0.2) is 0 Å². The van der Waals surface area contributed by atoms with Crippen LogP contribution in [-0.2, 0) is 20.7 Å². The van der Waals surface area contributed by atoms with Crippen LogP contribution in [-0.4, -0.2) is 46.7 Å². The minimum absolute atomic E-state index is 0.230. The van der Waals surface area contributed by atoms with Gasteiger partial charge < -0.3 is 9.84 Å². The topological polar surface area (TPSA) is 66.8 Å². The van der Waals surface area contributed by atoms with E-state index in [0.29, 0.717) is 19.3 Å². The third-order valence-corrected chi connectivity index (χ3v) is 3.94. The average molecular weight is 275 g/mol. The molecule has 0 aliphatic carbocycles. The molecule has 2 amide bonds. The largest absolute Gasteiger partial charge is 0.394 e. The fraction of sp³-hybridized carbons (Fsp3) is 0.467. The van der Waals surface area contributed by atoms with E-state index in [9.17, 15) is 14.7 Å². The second-order valence-corrected chi connectivity index (χ2v) is 5.26. The van der Waals surface area contributed by atoms with E-state index in [1.807, 2.05) is 30.3 Å². The number of rotatable bonds is 4. The van der Waals surface area contributed by atoms with E-state index >= 15 is 0 Å². The van der Waals surface area contributed by atoms with Gasteiger partial charge in [-0.15, -0.1) is 0 Å². The molecule has 1 N–H and O–H groups in total. The number of hydrogen-bond acceptors (Lipinski definition) is 4. The Kier molecular flexibility index (Phi) is 3.54. The maximum atomic E-state index is 12.3. The number of aliphatic hydroxyl groups excluding tert-OH is 1. The lowest BCUT2D eigenvalue weighted by molar-refractivity contribution is -0.172. The summed E-state index contributed by atoms with van der Waals surface area (Å²) in [5.41, 5.74) is 0.992. The van der Waals surface area contributed by atoms with E-state index in [4.69, 9.17) is 4.74 Å². The first kappa shape index (κ1) is 13.3. The Hall–Kier alpha value is -1.72. The molecule has 1 aromatic carbocycles. The molecule has 5 nitrogen and oxygen atoms in total. The van der Waals surface area contributed by atoms with Crippen LogP contribution in [0.4, 0.5) is 0 Å². The van der Waals surface area contributed by atoms with Crippen LogP contribution in [0.2, 0.25) is 0 Å². The van der Waals surface area contributed by atoms with Gasteiger partial charge in [0.25, 0.3) is 11.8 Å². The van der Waals surface area contributed by atoms with Gasteiger partial charge in [0.05, 0.1) is 12.6 Å². The highest BCUT2D eigenvalue weighted by Gasteiger charge is 2.48. The molecule has 106 valence electrons. The van der Waals surface area contributed by atoms with Crippen molar-refractivity contribution in [3.8, 4) is 0 Å². The molecule has 2 saturated heterocycles. The van der Waals surface area contributed by atoms with Gasteiger partial charge in [0.1, 0.15) is 12.2 Å². The van der Waals surface area contributed by atoms with E-state index in [1.54, 1.807) is 0 Å². The molecule has 2 heterocycles. The maximum absolute atomic E-state index is 12.3. The highest BCUT2D eigenvalue weighted by Crippen LogP contribution is 2.30. The van der Waals surface area contributed by atoms with Crippen LogP contribution in [0.15, 0.2) is 30.3 Å². The van der Waals surface area contributed by atoms with E-state index in [0.717, 1.165) is 5.56 Å². The van der Waals surface area contributed by atoms with Gasteiger partial charge in [-0.2, -0.15) is 0 Å². The molecule has 0 saturated carbocycles. The maximum Gasteiger partial charge on any atom is 0.258 e. The normalized spacial score (nSPS) is 26.9. The molecule has 1 aromatic rings. The summed E-state index contributed by atoms with van der Waals surface area (Å²) in [6.07, 6.45) is 0.628. The summed E-state index contributed by atoms with van der Waals surface area (Å²) in [6.45, 7) is -0.230. The van der Waals surface area contributed by atoms with E-state index < -0.39 is 18.2 Å². The summed E-state index contributed by atoms with van der Waals surface area (Å²) in [6, 6.07) is 9.04. The van der Waals surface area contributed by atoms with Gasteiger partial charge in [-0.3, -0.25) is 14.5 Å². The van der Waals surface area contributed by atoms with Gasteiger partial charge in [0, 0.05) is 0 Å². The van der Waals surface area contributed by atoms with Crippen LogP contribution in [0, 0.1) is 0 Å². The summed E-state index contributed by atoms with van der Waals surface area (Å²) in [5, 5.41) is 9.58. The Bertz CT molecular complexity index is 494. The number of likely N-dealkylation sites (tertiary alicyclic amines) is 1. The van der Waals surface area contributed by atoms with Crippen molar-refractivity contribution in [2.75, 3.05) is 6.61 Å². The summed E-state index contributed by atoms with van der Waals surface area (Å²) in [7, 11) is 0. The Balaban J connectivity index is 1.81. The van der Waals surface area contributed by atoms with E-state index in [-0.39, 0.29) is 18.4 Å². The van der Waals surface area contributed by atoms with Crippen molar-refractivity contribution < 1.29 is 19.4 Å². The number of fused-ring (bicyclic) bond motifs is 2. The molecule has 2 bridgehead atoms. The van der Waals surface area contributed by atoms with E-state index in [1.165, 1.54) is 4.90 Å². The highest BCUT2D eigenvalue weighted by molar-refractivity contribution is 6.02. The summed E-state index contributed by atoms with van der Waals surface area (Å²) in [4.78, 5) is 25.7. The summed E-state index contributed by atoms with van der Waals surface area (Å²) < 4.78 is 5.37. The zero-order valence-electron chi connectivity index (χ0n) is 11.1. The lowest BCUT2D eigenvalue weighted by Gasteiger charge is -2.35. The van der Waals surface area contributed by atoms with E-state index in [2.05, 4.69) is 0 Å². The number of benzene rings is 1. The molecular formula is C15H17NO4. The molecule has 2 fully saturated rings. The van der Waals surface area contributed by atoms with Crippen LogP contribution in [0.5, 0.6) is 0 Å². The number of imide groups is 1. The molecule has 0 spiro atoms. The second kappa shape index (κ2) is 5.34. The standard InChI is InChI=1S/C15H17NO4/c17-9-11(8-10-4-2-1-3-5-10)16-14(18)12-6-7-13(20-12)15(16)19/h1-5,11-13,17H,6-9H2. The monoisotopic (exact) mass is 275 g/mol. The zero-order valence-corrected chi connectivity index (χ0v) is 11.1. The number of ether oxygens (including phenoxy) is 1. The third-order valence-electron chi connectivity index (χ3n) is 3.94. The number of hydrogen-bond donors (Lipinski definition) is 1. The summed E-state index contributed by atoms with van der Waals surface area (Å²) in [5.74, 6) is -0.613. The van der Waals surface area contributed by atoms with Crippen molar-refractivity contribution in [1.29, 1.82) is 0 Å². The van der Waals surface area contributed by atoms with Gasteiger partial charge in [-0.05, 0) is 24.8 Å². The van der Waals surface area contributed by atoms with Crippen LogP contribution >= 0.6 is 0 Å². The summed E-state index contributed by atoms with van der Waals surface area (Å²) >= 11 is 0. The molecule has 20 heavy (non-hydrogen) atoms. The van der Waals surface area contributed by atoms with Crippen LogP contribution in [0.3, 0.4) is 0 Å². The molecular weight excluding hydrogens is 258 g/mol. The fourth-order valence-corrected chi connectivity index (χ4v) is 2.90. The predicted molar refractivity (Wildman–Crippen MR) is 70.8 cm³/mol. The van der Waals surface area contributed by atoms with Gasteiger partial charge in [0.15, 0.2) is 0 Å². The van der Waals surface area contributed by atoms with Gasteiger partial charge in [-0.1, -0.05) is 30.3 Å². The molecule has 2 aliphatic heterocycles. The zero-order chi connectivity index (χ0) is 14.1. The Morgan fingerprint density at radius 2 is 1.75 bits per heavy atom. The lowest BCUT2D eigenvalue weighted by Crippen LogP contribution is -2.57. The number of morpholine rings is 1.